The summed E-state index contributed by atoms with van der Waals surface area (Å²) < 4.78 is 21.2. The Morgan fingerprint density at radius 2 is 1.43 bits per heavy atom. The van der Waals surface area contributed by atoms with Gasteiger partial charge in [0, 0.05) is 23.9 Å². The number of anilines is 2. The Morgan fingerprint density at radius 3 is 1.95 bits per heavy atom. The van der Waals surface area contributed by atoms with Crippen molar-refractivity contribution in [3.8, 4) is 23.0 Å². The maximum absolute atomic E-state index is 5.40. The summed E-state index contributed by atoms with van der Waals surface area (Å²) in [4.78, 5) is 0. The van der Waals surface area contributed by atoms with E-state index in [2.05, 4.69) is 5.32 Å². The molecule has 21 heavy (non-hydrogen) atoms. The molecular weight excluding hydrogens is 270 g/mol. The van der Waals surface area contributed by atoms with Crippen molar-refractivity contribution in [1.82, 2.24) is 0 Å². The highest BCUT2D eigenvalue weighted by Crippen LogP contribution is 2.37. The highest BCUT2D eigenvalue weighted by molar-refractivity contribution is 5.71. The Labute approximate surface area is 124 Å². The standard InChI is InChI=1S/C16H19NO4/c1-18-12-8-11(9-13(10-12)19-2)17-14-6-5-7-15(20-3)16(14)21-4/h5-10,17H,1-4H3. The van der Waals surface area contributed by atoms with Crippen LogP contribution in [0.3, 0.4) is 0 Å². The molecule has 0 aliphatic heterocycles. The first-order valence-corrected chi connectivity index (χ1v) is 6.43. The molecule has 0 bridgehead atoms. The molecule has 0 atom stereocenters. The van der Waals surface area contributed by atoms with Gasteiger partial charge in [0.15, 0.2) is 11.5 Å². The number of nitrogens with one attached hydrogen (secondary N) is 1. The third-order valence-corrected chi connectivity index (χ3v) is 3.03. The lowest BCUT2D eigenvalue weighted by Gasteiger charge is -2.15. The second-order valence-electron chi connectivity index (χ2n) is 4.27. The molecule has 2 aromatic carbocycles. The topological polar surface area (TPSA) is 49.0 Å². The van der Waals surface area contributed by atoms with Gasteiger partial charge in [-0.1, -0.05) is 6.07 Å². The molecule has 0 unspecified atom stereocenters. The maximum atomic E-state index is 5.40. The molecule has 2 aromatic rings. The van der Waals surface area contributed by atoms with E-state index in [0.717, 1.165) is 11.4 Å². The highest BCUT2D eigenvalue weighted by Gasteiger charge is 2.10. The maximum Gasteiger partial charge on any atom is 0.184 e. The Morgan fingerprint density at radius 1 is 0.762 bits per heavy atom. The van der Waals surface area contributed by atoms with Crippen LogP contribution in [0, 0.1) is 0 Å². The van der Waals surface area contributed by atoms with Crippen LogP contribution in [0.2, 0.25) is 0 Å². The van der Waals surface area contributed by atoms with Crippen LogP contribution < -0.4 is 24.3 Å². The summed E-state index contributed by atoms with van der Waals surface area (Å²) in [5.74, 6) is 2.72. The number of para-hydroxylation sites is 1. The molecule has 1 N–H and O–H groups in total. The second kappa shape index (κ2) is 6.74. The van der Waals surface area contributed by atoms with Crippen molar-refractivity contribution in [2.24, 2.45) is 0 Å². The van der Waals surface area contributed by atoms with Crippen LogP contribution in [-0.4, -0.2) is 28.4 Å². The van der Waals surface area contributed by atoms with Crippen molar-refractivity contribution >= 4 is 11.4 Å². The Balaban J connectivity index is 2.38. The van der Waals surface area contributed by atoms with Gasteiger partial charge in [0.25, 0.3) is 0 Å². The summed E-state index contributed by atoms with van der Waals surface area (Å²) in [5, 5.41) is 3.28. The Hall–Kier alpha value is -2.56. The fraction of sp³-hybridized carbons (Fsp3) is 0.250. The first-order valence-electron chi connectivity index (χ1n) is 6.43. The van der Waals surface area contributed by atoms with Crippen LogP contribution in [0.1, 0.15) is 0 Å². The van der Waals surface area contributed by atoms with Crippen molar-refractivity contribution in [2.45, 2.75) is 0 Å². The fourth-order valence-electron chi connectivity index (χ4n) is 2.02. The van der Waals surface area contributed by atoms with Gasteiger partial charge >= 0.3 is 0 Å². The van der Waals surface area contributed by atoms with Crippen LogP contribution in [0.5, 0.6) is 23.0 Å². The fourth-order valence-corrected chi connectivity index (χ4v) is 2.02. The van der Waals surface area contributed by atoms with E-state index in [0.29, 0.717) is 23.0 Å². The number of benzene rings is 2. The minimum atomic E-state index is 0.641. The number of hydrogen-bond acceptors (Lipinski definition) is 5. The van der Waals surface area contributed by atoms with Gasteiger partial charge < -0.3 is 24.3 Å². The predicted octanol–water partition coefficient (Wildman–Crippen LogP) is 3.46. The molecule has 0 heterocycles. The molecule has 0 aliphatic rings. The van der Waals surface area contributed by atoms with E-state index in [1.54, 1.807) is 28.4 Å². The lowest BCUT2D eigenvalue weighted by atomic mass is 10.2. The molecule has 112 valence electrons. The molecule has 5 nitrogen and oxygen atoms in total. The van der Waals surface area contributed by atoms with Crippen LogP contribution in [-0.2, 0) is 0 Å². The summed E-state index contributed by atoms with van der Waals surface area (Å²) >= 11 is 0. The molecule has 0 aliphatic carbocycles. The van der Waals surface area contributed by atoms with Crippen molar-refractivity contribution < 1.29 is 18.9 Å². The number of hydrogen-bond donors (Lipinski definition) is 1. The first kappa shape index (κ1) is 14.8. The van der Waals surface area contributed by atoms with Crippen molar-refractivity contribution in [3.63, 3.8) is 0 Å². The van der Waals surface area contributed by atoms with Crippen molar-refractivity contribution in [3.05, 3.63) is 36.4 Å². The SMILES string of the molecule is COc1cc(Nc2cccc(OC)c2OC)cc(OC)c1. The van der Waals surface area contributed by atoms with Gasteiger partial charge in [-0.15, -0.1) is 0 Å². The Bertz CT molecular complexity index is 591. The minimum absolute atomic E-state index is 0.641. The molecule has 0 fully saturated rings. The first-order chi connectivity index (χ1) is 10.2. The molecule has 0 saturated carbocycles. The third kappa shape index (κ3) is 3.31. The van der Waals surface area contributed by atoms with Gasteiger partial charge in [-0.05, 0) is 12.1 Å². The van der Waals surface area contributed by atoms with Crippen molar-refractivity contribution in [2.75, 3.05) is 33.8 Å². The van der Waals surface area contributed by atoms with Crippen molar-refractivity contribution in [1.29, 1.82) is 0 Å². The monoisotopic (exact) mass is 289 g/mol. The summed E-state index contributed by atoms with van der Waals surface area (Å²) in [6.07, 6.45) is 0. The lowest BCUT2D eigenvalue weighted by Crippen LogP contribution is -1.98. The molecule has 0 aromatic heterocycles. The summed E-state index contributed by atoms with van der Waals surface area (Å²) in [6.45, 7) is 0. The molecule has 0 radical (unpaired) electrons. The van der Waals surface area contributed by atoms with E-state index in [4.69, 9.17) is 18.9 Å². The summed E-state index contributed by atoms with van der Waals surface area (Å²) in [5.41, 5.74) is 1.63. The van der Waals surface area contributed by atoms with Crippen LogP contribution in [0.25, 0.3) is 0 Å². The van der Waals surface area contributed by atoms with E-state index in [1.165, 1.54) is 0 Å². The van der Waals surface area contributed by atoms with Gasteiger partial charge in [0.05, 0.1) is 34.1 Å². The van der Waals surface area contributed by atoms with Crippen LogP contribution in [0.4, 0.5) is 11.4 Å². The average molecular weight is 289 g/mol. The quantitative estimate of drug-likeness (QED) is 0.882. The van der Waals surface area contributed by atoms with E-state index in [1.807, 2.05) is 36.4 Å². The summed E-state index contributed by atoms with van der Waals surface area (Å²) in [6, 6.07) is 11.2. The number of ether oxygens (including phenoxy) is 4. The van der Waals surface area contributed by atoms with Gasteiger partial charge in [-0.25, -0.2) is 0 Å². The molecule has 2 rings (SSSR count). The normalized spacial score (nSPS) is 9.90. The summed E-state index contributed by atoms with van der Waals surface area (Å²) in [7, 11) is 6.45. The van der Waals surface area contributed by atoms with E-state index in [9.17, 15) is 0 Å². The molecule has 0 saturated heterocycles. The smallest absolute Gasteiger partial charge is 0.184 e. The van der Waals surface area contributed by atoms with Crippen LogP contribution in [0.15, 0.2) is 36.4 Å². The van der Waals surface area contributed by atoms with Crippen LogP contribution >= 0.6 is 0 Å². The van der Waals surface area contributed by atoms with Gasteiger partial charge in [0.1, 0.15) is 11.5 Å². The molecular formula is C16H19NO4. The van der Waals surface area contributed by atoms with E-state index in [-0.39, 0.29) is 0 Å². The highest BCUT2D eigenvalue weighted by atomic mass is 16.5. The van der Waals surface area contributed by atoms with E-state index >= 15 is 0 Å². The predicted molar refractivity (Wildman–Crippen MR) is 82.4 cm³/mol. The Kier molecular flexibility index (Phi) is 4.77. The van der Waals surface area contributed by atoms with Gasteiger partial charge in [-0.2, -0.15) is 0 Å². The molecule has 0 spiro atoms. The zero-order chi connectivity index (χ0) is 15.2. The zero-order valence-electron chi connectivity index (χ0n) is 12.6. The number of rotatable bonds is 6. The lowest BCUT2D eigenvalue weighted by molar-refractivity contribution is 0.356. The third-order valence-electron chi connectivity index (χ3n) is 3.03. The molecule has 5 heteroatoms. The zero-order valence-corrected chi connectivity index (χ0v) is 12.6. The average Bonchev–Trinajstić information content (AvgIpc) is 2.54. The second-order valence-corrected chi connectivity index (χ2v) is 4.27. The minimum Gasteiger partial charge on any atom is -0.497 e. The number of methoxy groups -OCH3 is 4. The van der Waals surface area contributed by atoms with Gasteiger partial charge in [-0.3, -0.25) is 0 Å². The van der Waals surface area contributed by atoms with Gasteiger partial charge in [0.2, 0.25) is 0 Å². The molecule has 0 amide bonds. The van der Waals surface area contributed by atoms with E-state index < -0.39 is 0 Å². The largest absolute Gasteiger partial charge is 0.497 e.